The Morgan fingerprint density at radius 3 is 0.850 bits per heavy atom. The fourth-order valence-electron chi connectivity index (χ4n) is 9.05. The molecular weight excluding hydrogens is 1070 g/mol. The van der Waals surface area contributed by atoms with Gasteiger partial charge in [-0.25, -0.2) is 9.13 Å². The summed E-state index contributed by atoms with van der Waals surface area (Å²) >= 11 is 0. The van der Waals surface area contributed by atoms with Crippen molar-refractivity contribution in [2.24, 2.45) is 5.92 Å². The number of phosphoric ester groups is 2. The van der Waals surface area contributed by atoms with Crippen LogP contribution in [-0.4, -0.2) is 96.7 Å². The minimum absolute atomic E-state index is 0.106. The summed E-state index contributed by atoms with van der Waals surface area (Å²) < 4.78 is 67.8. The van der Waals surface area contributed by atoms with Crippen LogP contribution >= 0.6 is 15.6 Å². The summed E-state index contributed by atoms with van der Waals surface area (Å²) in [7, 11) is -9.87. The molecule has 3 N–H and O–H groups in total. The van der Waals surface area contributed by atoms with Crippen molar-refractivity contribution in [3.05, 3.63) is 0 Å². The quantitative estimate of drug-likeness (QED) is 0.0222. The molecule has 0 aliphatic rings. The molecular formula is C61H118O17P2. The molecule has 474 valence electrons. The van der Waals surface area contributed by atoms with Gasteiger partial charge >= 0.3 is 39.5 Å². The van der Waals surface area contributed by atoms with E-state index in [-0.39, 0.29) is 25.7 Å². The monoisotopic (exact) mass is 1180 g/mol. The van der Waals surface area contributed by atoms with E-state index in [2.05, 4.69) is 34.6 Å². The van der Waals surface area contributed by atoms with Crippen molar-refractivity contribution in [2.75, 3.05) is 39.6 Å². The lowest BCUT2D eigenvalue weighted by Crippen LogP contribution is -2.30. The van der Waals surface area contributed by atoms with Crippen molar-refractivity contribution < 1.29 is 80.2 Å². The van der Waals surface area contributed by atoms with Gasteiger partial charge in [-0.1, -0.05) is 253 Å². The van der Waals surface area contributed by atoms with Crippen LogP contribution in [0.1, 0.15) is 304 Å². The van der Waals surface area contributed by atoms with Crippen molar-refractivity contribution in [3.8, 4) is 0 Å². The second-order valence-electron chi connectivity index (χ2n) is 22.6. The predicted octanol–water partition coefficient (Wildman–Crippen LogP) is 16.6. The Balaban J connectivity index is 5.22. The number of hydrogen-bond donors (Lipinski definition) is 3. The molecule has 17 nitrogen and oxygen atoms in total. The summed E-state index contributed by atoms with van der Waals surface area (Å²) in [6, 6.07) is 0. The van der Waals surface area contributed by atoms with E-state index < -0.39 is 97.5 Å². The number of aliphatic hydroxyl groups excluding tert-OH is 1. The van der Waals surface area contributed by atoms with Gasteiger partial charge in [0.1, 0.15) is 19.3 Å². The Hall–Kier alpha value is -1.94. The van der Waals surface area contributed by atoms with E-state index >= 15 is 0 Å². The molecule has 0 aliphatic heterocycles. The highest BCUT2D eigenvalue weighted by atomic mass is 31.2. The molecule has 0 spiro atoms. The molecule has 0 fully saturated rings. The van der Waals surface area contributed by atoms with Crippen LogP contribution < -0.4 is 0 Å². The first-order valence-electron chi connectivity index (χ1n) is 32.1. The molecule has 19 heteroatoms. The summed E-state index contributed by atoms with van der Waals surface area (Å²) in [5.41, 5.74) is 0. The van der Waals surface area contributed by atoms with Crippen LogP contribution in [0.2, 0.25) is 0 Å². The highest BCUT2D eigenvalue weighted by molar-refractivity contribution is 7.47. The molecule has 0 radical (unpaired) electrons. The number of ether oxygens (including phenoxy) is 4. The van der Waals surface area contributed by atoms with Crippen molar-refractivity contribution in [3.63, 3.8) is 0 Å². The normalized spacial score (nSPS) is 14.3. The highest BCUT2D eigenvalue weighted by Gasteiger charge is 2.30. The number of esters is 4. The minimum Gasteiger partial charge on any atom is -0.462 e. The van der Waals surface area contributed by atoms with E-state index in [1.807, 2.05) is 0 Å². The molecule has 80 heavy (non-hydrogen) atoms. The number of aliphatic hydroxyl groups is 1. The summed E-state index contributed by atoms with van der Waals surface area (Å²) in [6.45, 7) is 7.11. The lowest BCUT2D eigenvalue weighted by Gasteiger charge is -2.21. The molecule has 0 bridgehead atoms. The maximum Gasteiger partial charge on any atom is 0.472 e. The maximum atomic E-state index is 12.9. The summed E-state index contributed by atoms with van der Waals surface area (Å²) in [4.78, 5) is 71.9. The Bertz CT molecular complexity index is 1570. The van der Waals surface area contributed by atoms with E-state index in [0.29, 0.717) is 25.7 Å². The zero-order valence-electron chi connectivity index (χ0n) is 51.2. The van der Waals surface area contributed by atoms with Crippen LogP contribution in [0, 0.1) is 5.92 Å². The average molecular weight is 1190 g/mol. The Morgan fingerprint density at radius 2 is 0.575 bits per heavy atom. The van der Waals surface area contributed by atoms with Gasteiger partial charge in [-0.2, -0.15) is 0 Å². The molecule has 0 aromatic heterocycles. The molecule has 0 saturated carbocycles. The predicted molar refractivity (Wildman–Crippen MR) is 317 cm³/mol. The number of hydrogen-bond acceptors (Lipinski definition) is 15. The molecule has 0 amide bonds. The second-order valence-corrected chi connectivity index (χ2v) is 25.5. The fourth-order valence-corrected chi connectivity index (χ4v) is 10.6. The molecule has 5 atom stereocenters. The molecule has 0 rings (SSSR count). The van der Waals surface area contributed by atoms with Gasteiger partial charge in [0.05, 0.1) is 26.4 Å². The van der Waals surface area contributed by atoms with Crippen molar-refractivity contribution in [1.29, 1.82) is 0 Å². The first-order chi connectivity index (χ1) is 38.5. The largest absolute Gasteiger partial charge is 0.472 e. The van der Waals surface area contributed by atoms with Gasteiger partial charge in [0.2, 0.25) is 0 Å². The zero-order valence-corrected chi connectivity index (χ0v) is 53.0. The van der Waals surface area contributed by atoms with Gasteiger partial charge in [0.15, 0.2) is 12.2 Å². The first-order valence-corrected chi connectivity index (χ1v) is 35.1. The summed E-state index contributed by atoms with van der Waals surface area (Å²) in [5.74, 6) is -1.39. The topological polar surface area (TPSA) is 237 Å². The van der Waals surface area contributed by atoms with E-state index in [1.165, 1.54) is 122 Å². The summed E-state index contributed by atoms with van der Waals surface area (Å²) in [5, 5.41) is 10.5. The van der Waals surface area contributed by atoms with Gasteiger partial charge < -0.3 is 33.8 Å². The van der Waals surface area contributed by atoms with Crippen molar-refractivity contribution in [2.45, 2.75) is 323 Å². The number of phosphoric acid groups is 2. The number of rotatable bonds is 61. The third-order valence-electron chi connectivity index (χ3n) is 14.0. The molecule has 0 aliphatic carbocycles. The molecule has 0 aromatic carbocycles. The van der Waals surface area contributed by atoms with Gasteiger partial charge in [0, 0.05) is 25.7 Å². The smallest absolute Gasteiger partial charge is 0.462 e. The van der Waals surface area contributed by atoms with Gasteiger partial charge in [-0.05, 0) is 31.6 Å². The van der Waals surface area contributed by atoms with Gasteiger partial charge in [-0.15, -0.1) is 0 Å². The lowest BCUT2D eigenvalue weighted by molar-refractivity contribution is -0.161. The SMILES string of the molecule is CCCCCCCCCCCCC(=O)OC[C@H](COP(=O)(O)OC[C@@H](O)COP(=O)(O)OC[C@@H](COC(=O)CCCCCCCCCC)OC(=O)CCCCCCCCCCC)OC(=O)CCCCCCCCCCCCC(C)C. The molecule has 2 unspecified atom stereocenters. The van der Waals surface area contributed by atoms with Gasteiger partial charge in [-0.3, -0.25) is 37.3 Å². The standard InChI is InChI=1S/C61H118O17P2/c1-6-9-12-15-18-21-26-30-35-40-45-59(64)72-51-57(78-61(66)47-42-37-32-27-23-22-25-28-33-38-43-54(4)5)53-76-80(69,70)74-49-55(62)48-73-79(67,68)75-52-56(50-71-58(63)44-39-34-29-20-17-14-11-8-3)77-60(65)46-41-36-31-24-19-16-13-10-7-2/h54-57,62H,6-53H2,1-5H3,(H,67,68)(H,69,70)/t55-,56+,57+/m0/s1. The van der Waals surface area contributed by atoms with Crippen molar-refractivity contribution in [1.82, 2.24) is 0 Å². The van der Waals surface area contributed by atoms with E-state index in [4.69, 9.17) is 37.0 Å². The fraction of sp³-hybridized carbons (Fsp3) is 0.934. The Morgan fingerprint density at radius 1 is 0.338 bits per heavy atom. The molecule has 0 aromatic rings. The van der Waals surface area contributed by atoms with Crippen molar-refractivity contribution >= 4 is 39.5 Å². The highest BCUT2D eigenvalue weighted by Crippen LogP contribution is 2.45. The maximum absolute atomic E-state index is 12.9. The van der Waals surface area contributed by atoms with Crippen LogP contribution in [0.3, 0.4) is 0 Å². The lowest BCUT2D eigenvalue weighted by atomic mass is 10.0. The number of carbonyl (C=O) groups excluding carboxylic acids is 4. The molecule has 0 heterocycles. The van der Waals surface area contributed by atoms with Gasteiger partial charge in [0.25, 0.3) is 0 Å². The van der Waals surface area contributed by atoms with Crippen LogP contribution in [0.5, 0.6) is 0 Å². The number of carbonyl (C=O) groups is 4. The van der Waals surface area contributed by atoms with E-state index in [1.54, 1.807) is 0 Å². The Labute approximate surface area is 486 Å². The van der Waals surface area contributed by atoms with Crippen LogP contribution in [0.25, 0.3) is 0 Å². The minimum atomic E-state index is -4.94. The van der Waals surface area contributed by atoms with Crippen LogP contribution in [-0.2, 0) is 65.4 Å². The van der Waals surface area contributed by atoms with Crippen LogP contribution in [0.15, 0.2) is 0 Å². The number of unbranched alkanes of at least 4 members (excludes halogenated alkanes) is 33. The third-order valence-corrected chi connectivity index (χ3v) is 15.9. The summed E-state index contributed by atoms with van der Waals surface area (Å²) in [6.07, 6.45) is 37.5. The average Bonchev–Trinajstić information content (AvgIpc) is 3.42. The van der Waals surface area contributed by atoms with E-state index in [0.717, 1.165) is 102 Å². The molecule has 0 saturated heterocycles. The van der Waals surface area contributed by atoms with Crippen LogP contribution in [0.4, 0.5) is 0 Å². The third kappa shape index (κ3) is 55.3. The second kappa shape index (κ2) is 55.0. The van der Waals surface area contributed by atoms with E-state index in [9.17, 15) is 43.2 Å². The first kappa shape index (κ1) is 78.1. The Kier molecular flexibility index (Phi) is 53.6. The zero-order chi connectivity index (χ0) is 59.2.